The van der Waals surface area contributed by atoms with Crippen molar-refractivity contribution in [2.75, 3.05) is 0 Å². The highest BCUT2D eigenvalue weighted by molar-refractivity contribution is 5.00. The van der Waals surface area contributed by atoms with Crippen LogP contribution < -0.4 is 0 Å². The Labute approximate surface area is 107 Å². The normalized spacial score (nSPS) is 47.3. The van der Waals surface area contributed by atoms with Crippen LogP contribution in [-0.4, -0.2) is 11.2 Å². The van der Waals surface area contributed by atoms with E-state index in [1.54, 1.807) is 0 Å². The smallest absolute Gasteiger partial charge is 0.0568 e. The van der Waals surface area contributed by atoms with Gasteiger partial charge in [0.05, 0.1) is 6.10 Å². The Morgan fingerprint density at radius 3 is 2.47 bits per heavy atom. The highest BCUT2D eigenvalue weighted by atomic mass is 16.3. The Morgan fingerprint density at radius 1 is 1.24 bits per heavy atom. The lowest BCUT2D eigenvalue weighted by Gasteiger charge is -2.55. The van der Waals surface area contributed by atoms with E-state index in [0.717, 1.165) is 11.8 Å². The third kappa shape index (κ3) is 2.16. The standard InChI is InChI=1S/C16H30O/c1-11-9-13-7-6-8-15(3,4)14(13)10-16(11,5)12(2)17/h11-14,17H,6-10H2,1-5H3. The molecular weight excluding hydrogens is 208 g/mol. The topological polar surface area (TPSA) is 20.2 Å². The lowest BCUT2D eigenvalue weighted by molar-refractivity contribution is -0.0951. The fourth-order valence-electron chi connectivity index (χ4n) is 4.55. The van der Waals surface area contributed by atoms with Crippen LogP contribution in [0.2, 0.25) is 0 Å². The van der Waals surface area contributed by atoms with Crippen LogP contribution in [0.5, 0.6) is 0 Å². The minimum atomic E-state index is -0.170. The molecule has 0 aromatic heterocycles. The molecule has 0 heterocycles. The third-order valence-electron chi connectivity index (χ3n) is 6.37. The van der Waals surface area contributed by atoms with E-state index in [1.807, 2.05) is 6.92 Å². The number of fused-ring (bicyclic) bond motifs is 1. The average Bonchev–Trinajstić information content (AvgIpc) is 2.21. The molecule has 1 nitrogen and oxygen atoms in total. The van der Waals surface area contributed by atoms with Crippen LogP contribution >= 0.6 is 0 Å². The van der Waals surface area contributed by atoms with Crippen LogP contribution in [-0.2, 0) is 0 Å². The monoisotopic (exact) mass is 238 g/mol. The summed E-state index contributed by atoms with van der Waals surface area (Å²) in [5.41, 5.74) is 0.620. The van der Waals surface area contributed by atoms with Crippen molar-refractivity contribution in [1.29, 1.82) is 0 Å². The molecular formula is C16H30O. The summed E-state index contributed by atoms with van der Waals surface area (Å²) in [5, 5.41) is 10.2. The van der Waals surface area contributed by atoms with Crippen LogP contribution in [0.15, 0.2) is 0 Å². The maximum atomic E-state index is 10.2. The summed E-state index contributed by atoms with van der Waals surface area (Å²) in [6.07, 6.45) is 6.59. The summed E-state index contributed by atoms with van der Waals surface area (Å²) < 4.78 is 0. The van der Waals surface area contributed by atoms with Crippen LogP contribution in [0.1, 0.15) is 66.7 Å². The van der Waals surface area contributed by atoms with E-state index in [0.29, 0.717) is 11.3 Å². The lowest BCUT2D eigenvalue weighted by atomic mass is 9.50. The van der Waals surface area contributed by atoms with Crippen LogP contribution in [0.4, 0.5) is 0 Å². The van der Waals surface area contributed by atoms with Gasteiger partial charge in [0.15, 0.2) is 0 Å². The van der Waals surface area contributed by atoms with Gasteiger partial charge in [-0.3, -0.25) is 0 Å². The van der Waals surface area contributed by atoms with Crippen molar-refractivity contribution in [2.45, 2.75) is 72.8 Å². The van der Waals surface area contributed by atoms with Crippen molar-refractivity contribution >= 4 is 0 Å². The van der Waals surface area contributed by atoms with Crippen LogP contribution in [0, 0.1) is 28.6 Å². The molecule has 100 valence electrons. The molecule has 0 bridgehead atoms. The van der Waals surface area contributed by atoms with E-state index in [-0.39, 0.29) is 11.5 Å². The van der Waals surface area contributed by atoms with Crippen molar-refractivity contribution in [2.24, 2.45) is 28.6 Å². The summed E-state index contributed by atoms with van der Waals surface area (Å²) in [6, 6.07) is 0. The Kier molecular flexibility index (Phi) is 3.36. The number of aliphatic hydroxyl groups excluding tert-OH is 1. The highest BCUT2D eigenvalue weighted by Crippen LogP contribution is 2.57. The summed E-state index contributed by atoms with van der Waals surface area (Å²) >= 11 is 0. The Morgan fingerprint density at radius 2 is 1.88 bits per heavy atom. The molecule has 0 aromatic carbocycles. The molecule has 2 aliphatic carbocycles. The van der Waals surface area contributed by atoms with E-state index in [4.69, 9.17) is 0 Å². The third-order valence-corrected chi connectivity index (χ3v) is 6.37. The predicted octanol–water partition coefficient (Wildman–Crippen LogP) is 4.25. The van der Waals surface area contributed by atoms with Gasteiger partial charge in [-0.15, -0.1) is 0 Å². The second-order valence-electron chi connectivity index (χ2n) is 7.77. The van der Waals surface area contributed by atoms with Gasteiger partial charge in [0.25, 0.3) is 0 Å². The van der Waals surface area contributed by atoms with Gasteiger partial charge in [0.2, 0.25) is 0 Å². The average molecular weight is 238 g/mol. The van der Waals surface area contributed by atoms with Crippen molar-refractivity contribution in [3.05, 3.63) is 0 Å². The SMILES string of the molecule is CC(O)C1(C)CC2C(CCCC2(C)C)CC1C. The lowest BCUT2D eigenvalue weighted by Crippen LogP contribution is -2.49. The fraction of sp³-hybridized carbons (Fsp3) is 1.00. The molecule has 2 aliphatic rings. The van der Waals surface area contributed by atoms with Gasteiger partial charge in [-0.25, -0.2) is 0 Å². The molecule has 0 radical (unpaired) electrons. The number of rotatable bonds is 1. The van der Waals surface area contributed by atoms with Gasteiger partial charge in [0.1, 0.15) is 0 Å². The first-order valence-corrected chi connectivity index (χ1v) is 7.45. The van der Waals surface area contributed by atoms with E-state index in [9.17, 15) is 5.11 Å². The number of hydrogen-bond acceptors (Lipinski definition) is 1. The molecule has 1 N–H and O–H groups in total. The molecule has 0 spiro atoms. The molecule has 1 heteroatoms. The van der Waals surface area contributed by atoms with Crippen molar-refractivity contribution in [3.8, 4) is 0 Å². The maximum Gasteiger partial charge on any atom is 0.0568 e. The first kappa shape index (κ1) is 13.4. The second-order valence-corrected chi connectivity index (χ2v) is 7.77. The molecule has 5 atom stereocenters. The predicted molar refractivity (Wildman–Crippen MR) is 72.8 cm³/mol. The molecule has 2 rings (SSSR count). The zero-order chi connectivity index (χ0) is 12.8. The summed E-state index contributed by atoms with van der Waals surface area (Å²) in [6.45, 7) is 11.5. The molecule has 2 saturated carbocycles. The van der Waals surface area contributed by atoms with Gasteiger partial charge < -0.3 is 5.11 Å². The quantitative estimate of drug-likeness (QED) is 0.724. The fourth-order valence-corrected chi connectivity index (χ4v) is 4.55. The number of hydrogen-bond donors (Lipinski definition) is 1. The molecule has 5 unspecified atom stereocenters. The van der Waals surface area contributed by atoms with Gasteiger partial charge in [-0.2, -0.15) is 0 Å². The van der Waals surface area contributed by atoms with Crippen molar-refractivity contribution in [1.82, 2.24) is 0 Å². The number of aliphatic hydroxyl groups is 1. The Balaban J connectivity index is 2.23. The molecule has 0 amide bonds. The zero-order valence-corrected chi connectivity index (χ0v) is 12.3. The van der Waals surface area contributed by atoms with Gasteiger partial charge in [0, 0.05) is 0 Å². The van der Waals surface area contributed by atoms with Gasteiger partial charge in [-0.1, -0.05) is 40.5 Å². The molecule has 2 fully saturated rings. The van der Waals surface area contributed by atoms with E-state index in [2.05, 4.69) is 27.7 Å². The van der Waals surface area contributed by atoms with E-state index >= 15 is 0 Å². The van der Waals surface area contributed by atoms with Gasteiger partial charge >= 0.3 is 0 Å². The summed E-state index contributed by atoms with van der Waals surface area (Å²) in [7, 11) is 0. The summed E-state index contributed by atoms with van der Waals surface area (Å²) in [5.74, 6) is 2.41. The zero-order valence-electron chi connectivity index (χ0n) is 12.3. The highest BCUT2D eigenvalue weighted by Gasteiger charge is 2.50. The molecule has 0 aromatic rings. The van der Waals surface area contributed by atoms with E-state index < -0.39 is 0 Å². The van der Waals surface area contributed by atoms with Crippen molar-refractivity contribution < 1.29 is 5.11 Å². The summed E-state index contributed by atoms with van der Waals surface area (Å²) in [4.78, 5) is 0. The maximum absolute atomic E-state index is 10.2. The minimum absolute atomic E-state index is 0.135. The van der Waals surface area contributed by atoms with E-state index in [1.165, 1.54) is 32.1 Å². The molecule has 17 heavy (non-hydrogen) atoms. The Bertz CT molecular complexity index is 281. The van der Waals surface area contributed by atoms with Crippen molar-refractivity contribution in [3.63, 3.8) is 0 Å². The largest absolute Gasteiger partial charge is 0.393 e. The second kappa shape index (κ2) is 4.26. The van der Waals surface area contributed by atoms with Crippen LogP contribution in [0.3, 0.4) is 0 Å². The first-order chi connectivity index (χ1) is 7.77. The van der Waals surface area contributed by atoms with Gasteiger partial charge in [-0.05, 0) is 54.8 Å². The minimum Gasteiger partial charge on any atom is -0.393 e. The molecule has 0 saturated heterocycles. The first-order valence-electron chi connectivity index (χ1n) is 7.45. The van der Waals surface area contributed by atoms with Crippen LogP contribution in [0.25, 0.3) is 0 Å². The molecule has 0 aliphatic heterocycles. The Hall–Kier alpha value is -0.0400.